The normalized spacial score (nSPS) is 10.5. The number of amides is 2. The summed E-state index contributed by atoms with van der Waals surface area (Å²) in [7, 11) is 0. The molecule has 126 valence electrons. The van der Waals surface area contributed by atoms with Crippen LogP contribution in [0.15, 0.2) is 42.5 Å². The van der Waals surface area contributed by atoms with Crippen molar-refractivity contribution in [2.24, 2.45) is 0 Å². The van der Waals surface area contributed by atoms with E-state index in [1.807, 2.05) is 56.3 Å². The molecule has 0 aliphatic carbocycles. The van der Waals surface area contributed by atoms with Crippen LogP contribution in [-0.4, -0.2) is 11.8 Å². The van der Waals surface area contributed by atoms with E-state index in [4.69, 9.17) is 0 Å². The van der Waals surface area contributed by atoms with E-state index in [0.29, 0.717) is 18.2 Å². The zero-order valence-electron chi connectivity index (χ0n) is 14.6. The Kier molecular flexibility index (Phi) is 5.74. The second kappa shape index (κ2) is 7.77. The molecule has 0 aliphatic heterocycles. The first kappa shape index (κ1) is 17.7. The van der Waals surface area contributed by atoms with Crippen LogP contribution in [0.3, 0.4) is 0 Å². The standard InChI is InChI=1S/C20H24N2O2/c1-13(2)17-9-7-16(8-10-17)12-21-19(23)20(24)22-18-11-14(3)5-6-15(18)4/h5-11,13H,12H2,1-4H3,(H,21,23)(H,22,24). The van der Waals surface area contributed by atoms with Gasteiger partial charge in [0.15, 0.2) is 0 Å². The first-order chi connectivity index (χ1) is 11.4. The van der Waals surface area contributed by atoms with Crippen LogP contribution in [0.1, 0.15) is 42.0 Å². The summed E-state index contributed by atoms with van der Waals surface area (Å²) in [6, 6.07) is 13.8. The van der Waals surface area contributed by atoms with E-state index in [0.717, 1.165) is 16.7 Å². The van der Waals surface area contributed by atoms with E-state index in [9.17, 15) is 9.59 Å². The lowest BCUT2D eigenvalue weighted by molar-refractivity contribution is -0.136. The molecule has 2 amide bonds. The van der Waals surface area contributed by atoms with Gasteiger partial charge in [0.1, 0.15) is 0 Å². The minimum Gasteiger partial charge on any atom is -0.344 e. The Morgan fingerprint density at radius 3 is 2.25 bits per heavy atom. The van der Waals surface area contributed by atoms with Gasteiger partial charge in [0, 0.05) is 12.2 Å². The van der Waals surface area contributed by atoms with Crippen LogP contribution >= 0.6 is 0 Å². The van der Waals surface area contributed by atoms with E-state index in [2.05, 4.69) is 24.5 Å². The summed E-state index contributed by atoms with van der Waals surface area (Å²) in [6.45, 7) is 8.43. The SMILES string of the molecule is Cc1ccc(C)c(NC(=O)C(=O)NCc2ccc(C(C)C)cc2)c1. The highest BCUT2D eigenvalue weighted by atomic mass is 16.2. The molecule has 2 rings (SSSR count). The summed E-state index contributed by atoms with van der Waals surface area (Å²) in [5.74, 6) is -0.816. The third-order valence-electron chi connectivity index (χ3n) is 3.95. The molecule has 0 radical (unpaired) electrons. The van der Waals surface area contributed by atoms with E-state index in [1.54, 1.807) is 0 Å². The lowest BCUT2D eigenvalue weighted by Crippen LogP contribution is -2.35. The van der Waals surface area contributed by atoms with Crippen molar-refractivity contribution >= 4 is 17.5 Å². The summed E-state index contributed by atoms with van der Waals surface area (Å²) in [5.41, 5.74) is 4.83. The van der Waals surface area contributed by atoms with Crippen molar-refractivity contribution in [1.29, 1.82) is 0 Å². The lowest BCUT2D eigenvalue weighted by Gasteiger charge is -2.10. The Morgan fingerprint density at radius 2 is 1.62 bits per heavy atom. The quantitative estimate of drug-likeness (QED) is 0.843. The number of anilines is 1. The first-order valence-electron chi connectivity index (χ1n) is 8.12. The van der Waals surface area contributed by atoms with E-state index >= 15 is 0 Å². The second-order valence-corrected chi connectivity index (χ2v) is 6.35. The van der Waals surface area contributed by atoms with E-state index < -0.39 is 11.8 Å². The molecule has 0 unspecified atom stereocenters. The third kappa shape index (κ3) is 4.69. The second-order valence-electron chi connectivity index (χ2n) is 6.35. The molecule has 0 bridgehead atoms. The minimum atomic E-state index is -0.650. The Balaban J connectivity index is 1.92. The van der Waals surface area contributed by atoms with Crippen molar-refractivity contribution in [3.05, 3.63) is 64.7 Å². The number of aryl methyl sites for hydroxylation is 2. The maximum atomic E-state index is 12.0. The summed E-state index contributed by atoms with van der Waals surface area (Å²) < 4.78 is 0. The molecule has 24 heavy (non-hydrogen) atoms. The molecule has 0 spiro atoms. The molecular weight excluding hydrogens is 300 g/mol. The summed E-state index contributed by atoms with van der Waals surface area (Å²) in [4.78, 5) is 24.0. The molecule has 4 nitrogen and oxygen atoms in total. The molecule has 0 atom stereocenters. The number of carbonyl (C=O) groups is 2. The zero-order chi connectivity index (χ0) is 17.7. The van der Waals surface area contributed by atoms with Gasteiger partial charge in [-0.1, -0.05) is 50.2 Å². The highest BCUT2D eigenvalue weighted by Gasteiger charge is 2.14. The predicted octanol–water partition coefficient (Wildman–Crippen LogP) is 3.68. The average Bonchev–Trinajstić information content (AvgIpc) is 2.56. The molecule has 4 heteroatoms. The van der Waals surface area contributed by atoms with Crippen molar-refractivity contribution in [3.8, 4) is 0 Å². The molecule has 0 fully saturated rings. The largest absolute Gasteiger partial charge is 0.344 e. The van der Waals surface area contributed by atoms with Crippen molar-refractivity contribution < 1.29 is 9.59 Å². The van der Waals surface area contributed by atoms with Crippen LogP contribution in [0.4, 0.5) is 5.69 Å². The molecular formula is C20H24N2O2. The topological polar surface area (TPSA) is 58.2 Å². The van der Waals surface area contributed by atoms with Crippen molar-refractivity contribution in [1.82, 2.24) is 5.32 Å². The highest BCUT2D eigenvalue weighted by molar-refractivity contribution is 6.39. The maximum absolute atomic E-state index is 12.0. The minimum absolute atomic E-state index is 0.331. The van der Waals surface area contributed by atoms with Gasteiger partial charge in [-0.15, -0.1) is 0 Å². The molecule has 0 heterocycles. The van der Waals surface area contributed by atoms with Crippen LogP contribution in [0.25, 0.3) is 0 Å². The molecule has 0 saturated carbocycles. The summed E-state index contributed by atoms with van der Waals surface area (Å²) in [6.07, 6.45) is 0. The fourth-order valence-electron chi connectivity index (χ4n) is 2.33. The monoisotopic (exact) mass is 324 g/mol. The van der Waals surface area contributed by atoms with Gasteiger partial charge in [-0.3, -0.25) is 9.59 Å². The Hall–Kier alpha value is -2.62. The van der Waals surface area contributed by atoms with Crippen LogP contribution in [-0.2, 0) is 16.1 Å². The van der Waals surface area contributed by atoms with Gasteiger partial charge in [0.05, 0.1) is 0 Å². The van der Waals surface area contributed by atoms with Crippen LogP contribution in [0.5, 0.6) is 0 Å². The molecule has 2 N–H and O–H groups in total. The van der Waals surface area contributed by atoms with Crippen molar-refractivity contribution in [2.75, 3.05) is 5.32 Å². The molecule has 2 aromatic rings. The zero-order valence-corrected chi connectivity index (χ0v) is 14.6. The number of hydrogen-bond donors (Lipinski definition) is 2. The smallest absolute Gasteiger partial charge is 0.313 e. The maximum Gasteiger partial charge on any atom is 0.313 e. The lowest BCUT2D eigenvalue weighted by atomic mass is 10.0. The van der Waals surface area contributed by atoms with Gasteiger partial charge in [0.25, 0.3) is 0 Å². The van der Waals surface area contributed by atoms with Gasteiger partial charge in [-0.05, 0) is 48.1 Å². The third-order valence-corrected chi connectivity index (χ3v) is 3.95. The first-order valence-corrected chi connectivity index (χ1v) is 8.12. The van der Waals surface area contributed by atoms with Gasteiger partial charge in [-0.25, -0.2) is 0 Å². The summed E-state index contributed by atoms with van der Waals surface area (Å²) >= 11 is 0. The van der Waals surface area contributed by atoms with E-state index in [-0.39, 0.29) is 0 Å². The molecule has 0 aromatic heterocycles. The van der Waals surface area contributed by atoms with E-state index in [1.165, 1.54) is 5.56 Å². The Bertz CT molecular complexity index is 734. The number of carbonyl (C=O) groups excluding carboxylic acids is 2. The molecule has 0 aliphatic rings. The fraction of sp³-hybridized carbons (Fsp3) is 0.300. The van der Waals surface area contributed by atoms with Crippen molar-refractivity contribution in [3.63, 3.8) is 0 Å². The van der Waals surface area contributed by atoms with Crippen LogP contribution in [0.2, 0.25) is 0 Å². The number of benzene rings is 2. The predicted molar refractivity (Wildman–Crippen MR) is 96.9 cm³/mol. The molecule has 0 saturated heterocycles. The van der Waals surface area contributed by atoms with Gasteiger partial charge in [0.2, 0.25) is 0 Å². The number of rotatable bonds is 4. The fourth-order valence-corrected chi connectivity index (χ4v) is 2.33. The van der Waals surface area contributed by atoms with Gasteiger partial charge < -0.3 is 10.6 Å². The van der Waals surface area contributed by atoms with Gasteiger partial charge in [-0.2, -0.15) is 0 Å². The summed E-state index contributed by atoms with van der Waals surface area (Å²) in [5, 5.41) is 5.31. The Morgan fingerprint density at radius 1 is 0.958 bits per heavy atom. The number of nitrogens with one attached hydrogen (secondary N) is 2. The van der Waals surface area contributed by atoms with Gasteiger partial charge >= 0.3 is 11.8 Å². The Labute approximate surface area is 143 Å². The van der Waals surface area contributed by atoms with Crippen LogP contribution in [0, 0.1) is 13.8 Å². The highest BCUT2D eigenvalue weighted by Crippen LogP contribution is 2.16. The van der Waals surface area contributed by atoms with Crippen LogP contribution < -0.4 is 10.6 Å². The van der Waals surface area contributed by atoms with Crippen molar-refractivity contribution in [2.45, 2.75) is 40.2 Å². The molecule has 2 aromatic carbocycles. The number of hydrogen-bond acceptors (Lipinski definition) is 2. The average molecular weight is 324 g/mol.